The molecule has 0 atom stereocenters. The molecular formula is C15H9Cl3FNO3. The number of nitrogens with one attached hydrogen (secondary N) is 1. The molecular weight excluding hydrogens is 368 g/mol. The lowest BCUT2D eigenvalue weighted by Crippen LogP contribution is -2.21. The van der Waals surface area contributed by atoms with Gasteiger partial charge in [-0.15, -0.1) is 0 Å². The standard InChI is InChI=1S/C15H9Cl3FNO3/c16-9-2-1-3-10(17)14(9)15(22)23-7-13(21)20-8-4-5-12(19)11(18)6-8/h1-6H,7H2,(H,20,21). The molecule has 23 heavy (non-hydrogen) atoms. The van der Waals surface area contributed by atoms with Crippen LogP contribution < -0.4 is 5.32 Å². The van der Waals surface area contributed by atoms with Gasteiger partial charge in [-0.2, -0.15) is 0 Å². The van der Waals surface area contributed by atoms with Gasteiger partial charge in [0.2, 0.25) is 0 Å². The van der Waals surface area contributed by atoms with Crippen LogP contribution in [-0.2, 0) is 9.53 Å². The minimum absolute atomic E-state index is 0.0199. The van der Waals surface area contributed by atoms with Crippen molar-refractivity contribution in [2.24, 2.45) is 0 Å². The van der Waals surface area contributed by atoms with E-state index in [-0.39, 0.29) is 26.3 Å². The molecule has 0 bridgehead atoms. The van der Waals surface area contributed by atoms with Crippen molar-refractivity contribution < 1.29 is 18.7 Å². The summed E-state index contributed by atoms with van der Waals surface area (Å²) in [5, 5.41) is 2.51. The monoisotopic (exact) mass is 375 g/mol. The minimum atomic E-state index is -0.826. The summed E-state index contributed by atoms with van der Waals surface area (Å²) in [5.41, 5.74) is 0.252. The van der Waals surface area contributed by atoms with Crippen molar-refractivity contribution in [1.29, 1.82) is 0 Å². The van der Waals surface area contributed by atoms with Gasteiger partial charge in [-0.25, -0.2) is 9.18 Å². The molecule has 1 N–H and O–H groups in total. The van der Waals surface area contributed by atoms with Gasteiger partial charge in [-0.05, 0) is 30.3 Å². The van der Waals surface area contributed by atoms with Crippen molar-refractivity contribution in [1.82, 2.24) is 0 Å². The third-order valence-corrected chi connectivity index (χ3v) is 3.62. The summed E-state index contributed by atoms with van der Waals surface area (Å²) in [6.45, 7) is -0.560. The summed E-state index contributed by atoms with van der Waals surface area (Å²) < 4.78 is 17.9. The number of carbonyl (C=O) groups is 2. The van der Waals surface area contributed by atoms with Crippen LogP contribution in [0, 0.1) is 5.82 Å². The molecule has 0 unspecified atom stereocenters. The Morgan fingerprint density at radius 3 is 2.30 bits per heavy atom. The predicted octanol–water partition coefficient (Wildman–Crippen LogP) is 4.58. The molecule has 0 aliphatic carbocycles. The average molecular weight is 377 g/mol. The first-order valence-electron chi connectivity index (χ1n) is 6.24. The number of rotatable bonds is 4. The van der Waals surface area contributed by atoms with E-state index in [1.165, 1.54) is 24.3 Å². The first kappa shape index (κ1) is 17.5. The normalized spacial score (nSPS) is 10.3. The van der Waals surface area contributed by atoms with Crippen molar-refractivity contribution in [3.63, 3.8) is 0 Å². The number of anilines is 1. The highest BCUT2D eigenvalue weighted by Crippen LogP contribution is 2.25. The first-order chi connectivity index (χ1) is 10.9. The molecule has 2 aromatic rings. The van der Waals surface area contributed by atoms with Crippen molar-refractivity contribution in [3.05, 3.63) is 62.8 Å². The molecule has 0 heterocycles. The maximum Gasteiger partial charge on any atom is 0.341 e. The molecule has 2 rings (SSSR count). The lowest BCUT2D eigenvalue weighted by atomic mass is 10.2. The quantitative estimate of drug-likeness (QED) is 0.795. The Labute approximate surface area is 146 Å². The van der Waals surface area contributed by atoms with Gasteiger partial charge in [0.15, 0.2) is 6.61 Å². The van der Waals surface area contributed by atoms with Crippen LogP contribution >= 0.6 is 34.8 Å². The molecule has 0 aliphatic rings. The van der Waals surface area contributed by atoms with Crippen LogP contribution in [0.1, 0.15) is 10.4 Å². The molecule has 120 valence electrons. The number of halogens is 4. The molecule has 1 amide bonds. The van der Waals surface area contributed by atoms with E-state index < -0.39 is 24.3 Å². The zero-order chi connectivity index (χ0) is 17.0. The van der Waals surface area contributed by atoms with E-state index in [2.05, 4.69) is 5.32 Å². The van der Waals surface area contributed by atoms with E-state index in [4.69, 9.17) is 39.5 Å². The van der Waals surface area contributed by atoms with Crippen LogP contribution in [0.3, 0.4) is 0 Å². The Balaban J connectivity index is 1.96. The average Bonchev–Trinajstić information content (AvgIpc) is 2.49. The number of ether oxygens (including phenoxy) is 1. The van der Waals surface area contributed by atoms with Crippen molar-refractivity contribution >= 4 is 52.4 Å². The molecule has 0 aliphatic heterocycles. The minimum Gasteiger partial charge on any atom is -0.452 e. The second-order valence-electron chi connectivity index (χ2n) is 4.35. The van der Waals surface area contributed by atoms with E-state index in [1.54, 1.807) is 6.07 Å². The van der Waals surface area contributed by atoms with E-state index in [9.17, 15) is 14.0 Å². The zero-order valence-electron chi connectivity index (χ0n) is 11.4. The highest BCUT2D eigenvalue weighted by molar-refractivity contribution is 6.39. The summed E-state index contributed by atoms with van der Waals surface area (Å²) in [5.74, 6) is -2.05. The largest absolute Gasteiger partial charge is 0.452 e. The summed E-state index contributed by atoms with van der Waals surface area (Å²) in [6.07, 6.45) is 0. The highest BCUT2D eigenvalue weighted by Gasteiger charge is 2.17. The number of carbonyl (C=O) groups excluding carboxylic acids is 2. The molecule has 0 aromatic heterocycles. The SMILES string of the molecule is O=C(COC(=O)c1c(Cl)cccc1Cl)Nc1ccc(F)c(Cl)c1. The van der Waals surface area contributed by atoms with E-state index in [0.717, 1.165) is 6.07 Å². The molecule has 2 aromatic carbocycles. The maximum atomic E-state index is 13.0. The smallest absolute Gasteiger partial charge is 0.341 e. The van der Waals surface area contributed by atoms with Crippen LogP contribution in [0.5, 0.6) is 0 Å². The van der Waals surface area contributed by atoms with Crippen LogP contribution in [0.2, 0.25) is 15.1 Å². The Morgan fingerprint density at radius 2 is 1.70 bits per heavy atom. The van der Waals surface area contributed by atoms with Crippen molar-refractivity contribution in [3.8, 4) is 0 Å². The fourth-order valence-electron chi connectivity index (χ4n) is 1.67. The summed E-state index contributed by atoms with van der Waals surface area (Å²) in [7, 11) is 0. The summed E-state index contributed by atoms with van der Waals surface area (Å²) >= 11 is 17.3. The number of hydrogen-bond acceptors (Lipinski definition) is 3. The van der Waals surface area contributed by atoms with E-state index >= 15 is 0 Å². The fraction of sp³-hybridized carbons (Fsp3) is 0.0667. The number of hydrogen-bond donors (Lipinski definition) is 1. The second kappa shape index (κ2) is 7.64. The number of benzene rings is 2. The van der Waals surface area contributed by atoms with Gasteiger partial charge in [0.05, 0.1) is 20.6 Å². The van der Waals surface area contributed by atoms with Gasteiger partial charge >= 0.3 is 5.97 Å². The number of esters is 1. The second-order valence-corrected chi connectivity index (χ2v) is 5.57. The van der Waals surface area contributed by atoms with Crippen LogP contribution in [-0.4, -0.2) is 18.5 Å². The van der Waals surface area contributed by atoms with Gasteiger partial charge in [-0.3, -0.25) is 4.79 Å². The summed E-state index contributed by atoms with van der Waals surface area (Å²) in [6, 6.07) is 8.20. The van der Waals surface area contributed by atoms with Gasteiger partial charge < -0.3 is 10.1 Å². The van der Waals surface area contributed by atoms with E-state index in [0.29, 0.717) is 0 Å². The maximum absolute atomic E-state index is 13.0. The van der Waals surface area contributed by atoms with E-state index in [1.807, 2.05) is 0 Å². The highest BCUT2D eigenvalue weighted by atomic mass is 35.5. The Bertz CT molecular complexity index is 747. The summed E-state index contributed by atoms with van der Waals surface area (Å²) in [4.78, 5) is 23.6. The molecule has 0 fully saturated rings. The van der Waals surface area contributed by atoms with Gasteiger partial charge in [0.1, 0.15) is 5.82 Å². The van der Waals surface area contributed by atoms with Crippen molar-refractivity contribution in [2.75, 3.05) is 11.9 Å². The zero-order valence-corrected chi connectivity index (χ0v) is 13.7. The molecule has 0 spiro atoms. The fourth-order valence-corrected chi connectivity index (χ4v) is 2.40. The molecule has 4 nitrogen and oxygen atoms in total. The van der Waals surface area contributed by atoms with Crippen LogP contribution in [0.4, 0.5) is 10.1 Å². The third kappa shape index (κ3) is 4.58. The van der Waals surface area contributed by atoms with Gasteiger partial charge in [0, 0.05) is 5.69 Å². The lowest BCUT2D eigenvalue weighted by molar-refractivity contribution is -0.119. The molecule has 0 saturated carbocycles. The first-order valence-corrected chi connectivity index (χ1v) is 7.38. The van der Waals surface area contributed by atoms with Crippen LogP contribution in [0.25, 0.3) is 0 Å². The number of amides is 1. The van der Waals surface area contributed by atoms with Crippen LogP contribution in [0.15, 0.2) is 36.4 Å². The van der Waals surface area contributed by atoms with Gasteiger partial charge in [0.25, 0.3) is 5.91 Å². The van der Waals surface area contributed by atoms with Gasteiger partial charge in [-0.1, -0.05) is 40.9 Å². The third-order valence-electron chi connectivity index (χ3n) is 2.70. The Hall–Kier alpha value is -1.82. The Morgan fingerprint density at radius 1 is 1.04 bits per heavy atom. The topological polar surface area (TPSA) is 55.4 Å². The predicted molar refractivity (Wildman–Crippen MR) is 86.8 cm³/mol. The molecule has 0 saturated heterocycles. The van der Waals surface area contributed by atoms with Crippen molar-refractivity contribution in [2.45, 2.75) is 0 Å². The molecule has 0 radical (unpaired) electrons. The lowest BCUT2D eigenvalue weighted by Gasteiger charge is -2.09. The molecule has 8 heteroatoms. The Kier molecular flexibility index (Phi) is 5.82.